The molecule has 3 aromatic rings. The standard InChI is InChI=1S/C16H9ClF3NO2/c17-11-6-8-12(9-7-11)22-15-13(16(18,19)20)21-14(23-15)10-4-2-1-3-5-10/h1-9H. The summed E-state index contributed by atoms with van der Waals surface area (Å²) >= 11 is 5.73. The van der Waals surface area contributed by atoms with Gasteiger partial charge in [-0.05, 0) is 36.4 Å². The molecule has 0 saturated carbocycles. The highest BCUT2D eigenvalue weighted by molar-refractivity contribution is 6.30. The summed E-state index contributed by atoms with van der Waals surface area (Å²) in [5.74, 6) is -0.712. The smallest absolute Gasteiger partial charge is 0.424 e. The molecule has 23 heavy (non-hydrogen) atoms. The number of halogens is 4. The summed E-state index contributed by atoms with van der Waals surface area (Å²) in [5, 5.41) is 0.441. The second-order valence-corrected chi connectivity index (χ2v) is 5.01. The minimum absolute atomic E-state index is 0.163. The third-order valence-corrected chi connectivity index (χ3v) is 3.16. The van der Waals surface area contributed by atoms with Crippen molar-refractivity contribution in [3.05, 3.63) is 65.3 Å². The van der Waals surface area contributed by atoms with Gasteiger partial charge in [-0.3, -0.25) is 0 Å². The van der Waals surface area contributed by atoms with Gasteiger partial charge in [-0.1, -0.05) is 29.8 Å². The van der Waals surface area contributed by atoms with Gasteiger partial charge in [0.25, 0.3) is 0 Å². The van der Waals surface area contributed by atoms with Crippen LogP contribution < -0.4 is 4.74 Å². The van der Waals surface area contributed by atoms with E-state index in [9.17, 15) is 13.2 Å². The number of nitrogens with zero attached hydrogens (tertiary/aromatic N) is 1. The van der Waals surface area contributed by atoms with Crippen molar-refractivity contribution in [2.75, 3.05) is 0 Å². The van der Waals surface area contributed by atoms with E-state index in [0.29, 0.717) is 10.6 Å². The fraction of sp³-hybridized carbons (Fsp3) is 0.0625. The third kappa shape index (κ3) is 3.48. The zero-order valence-electron chi connectivity index (χ0n) is 11.5. The topological polar surface area (TPSA) is 35.3 Å². The summed E-state index contributed by atoms with van der Waals surface area (Å²) in [6, 6.07) is 14.1. The van der Waals surface area contributed by atoms with E-state index in [1.165, 1.54) is 24.3 Å². The Labute approximate surface area is 134 Å². The molecule has 0 radical (unpaired) electrons. The Morgan fingerprint density at radius 3 is 2.22 bits per heavy atom. The van der Waals surface area contributed by atoms with Crippen LogP contribution in [0.25, 0.3) is 11.5 Å². The van der Waals surface area contributed by atoms with Crippen molar-refractivity contribution in [2.45, 2.75) is 6.18 Å². The molecule has 118 valence electrons. The van der Waals surface area contributed by atoms with Crippen molar-refractivity contribution >= 4 is 11.6 Å². The van der Waals surface area contributed by atoms with Crippen LogP contribution in [-0.2, 0) is 6.18 Å². The molecule has 0 aliphatic heterocycles. The highest BCUT2D eigenvalue weighted by Crippen LogP contribution is 2.40. The van der Waals surface area contributed by atoms with Gasteiger partial charge in [-0.2, -0.15) is 13.2 Å². The maximum atomic E-state index is 13.1. The minimum Gasteiger partial charge on any atom is -0.424 e. The monoisotopic (exact) mass is 339 g/mol. The van der Waals surface area contributed by atoms with Gasteiger partial charge in [-0.15, -0.1) is 0 Å². The van der Waals surface area contributed by atoms with Gasteiger partial charge in [0.2, 0.25) is 11.6 Å². The molecule has 1 aromatic heterocycles. The lowest BCUT2D eigenvalue weighted by Crippen LogP contribution is -2.07. The minimum atomic E-state index is -4.70. The van der Waals surface area contributed by atoms with Gasteiger partial charge < -0.3 is 9.15 Å². The Hall–Kier alpha value is -2.47. The van der Waals surface area contributed by atoms with E-state index in [0.717, 1.165) is 0 Å². The van der Waals surface area contributed by atoms with Crippen LogP contribution >= 0.6 is 11.6 Å². The van der Waals surface area contributed by atoms with Gasteiger partial charge in [-0.25, -0.2) is 4.98 Å². The van der Waals surface area contributed by atoms with Gasteiger partial charge in [0.15, 0.2) is 0 Å². The molecule has 0 atom stereocenters. The predicted octanol–water partition coefficient (Wildman–Crippen LogP) is 5.81. The first-order chi connectivity index (χ1) is 10.9. The lowest BCUT2D eigenvalue weighted by Gasteiger charge is -2.06. The molecule has 7 heteroatoms. The Bertz CT molecular complexity index is 798. The summed E-state index contributed by atoms with van der Waals surface area (Å²) in [6.07, 6.45) is -4.70. The third-order valence-electron chi connectivity index (χ3n) is 2.91. The van der Waals surface area contributed by atoms with Crippen LogP contribution in [0.5, 0.6) is 11.7 Å². The largest absolute Gasteiger partial charge is 0.440 e. The Morgan fingerprint density at radius 1 is 0.957 bits per heavy atom. The van der Waals surface area contributed by atoms with E-state index in [-0.39, 0.29) is 11.6 Å². The maximum absolute atomic E-state index is 13.1. The Kier molecular flexibility index (Phi) is 4.00. The number of benzene rings is 2. The average molecular weight is 340 g/mol. The van der Waals surface area contributed by atoms with Gasteiger partial charge in [0.1, 0.15) is 5.75 Å². The predicted molar refractivity (Wildman–Crippen MR) is 78.5 cm³/mol. The van der Waals surface area contributed by atoms with E-state index in [1.807, 2.05) is 0 Å². The van der Waals surface area contributed by atoms with Gasteiger partial charge >= 0.3 is 12.1 Å². The normalized spacial score (nSPS) is 11.5. The second kappa shape index (κ2) is 5.96. The lowest BCUT2D eigenvalue weighted by atomic mass is 10.2. The first-order valence-electron chi connectivity index (χ1n) is 6.50. The SMILES string of the molecule is FC(F)(F)c1nc(-c2ccccc2)oc1Oc1ccc(Cl)cc1. The van der Waals surface area contributed by atoms with Crippen LogP contribution in [0.1, 0.15) is 5.69 Å². The molecule has 3 nitrogen and oxygen atoms in total. The first kappa shape index (κ1) is 15.4. The maximum Gasteiger partial charge on any atom is 0.440 e. The molecular weight excluding hydrogens is 331 g/mol. The van der Waals surface area contributed by atoms with E-state index in [1.54, 1.807) is 30.3 Å². The highest BCUT2D eigenvalue weighted by Gasteiger charge is 2.40. The van der Waals surface area contributed by atoms with Crippen LogP contribution in [-0.4, -0.2) is 4.98 Å². The Morgan fingerprint density at radius 2 is 1.61 bits per heavy atom. The molecule has 0 fully saturated rings. The molecule has 3 rings (SSSR count). The van der Waals surface area contributed by atoms with Gasteiger partial charge in [0.05, 0.1) is 0 Å². The molecule has 0 saturated heterocycles. The fourth-order valence-corrected chi connectivity index (χ4v) is 1.99. The summed E-state index contributed by atoms with van der Waals surface area (Å²) < 4.78 is 49.7. The van der Waals surface area contributed by atoms with Gasteiger partial charge in [0, 0.05) is 10.6 Å². The number of hydrogen-bond acceptors (Lipinski definition) is 3. The molecule has 0 spiro atoms. The lowest BCUT2D eigenvalue weighted by molar-refractivity contribution is -0.142. The molecule has 0 amide bonds. The average Bonchev–Trinajstić information content (AvgIpc) is 2.95. The van der Waals surface area contributed by atoms with Crippen molar-refractivity contribution in [1.29, 1.82) is 0 Å². The molecule has 0 unspecified atom stereocenters. The van der Waals surface area contributed by atoms with Crippen molar-refractivity contribution in [1.82, 2.24) is 4.98 Å². The van der Waals surface area contributed by atoms with Crippen molar-refractivity contribution in [2.24, 2.45) is 0 Å². The summed E-state index contributed by atoms with van der Waals surface area (Å²) in [7, 11) is 0. The molecule has 1 heterocycles. The summed E-state index contributed by atoms with van der Waals surface area (Å²) in [6.45, 7) is 0. The number of ether oxygens (including phenoxy) is 1. The van der Waals surface area contributed by atoms with E-state index in [2.05, 4.69) is 4.98 Å². The van der Waals surface area contributed by atoms with Crippen LogP contribution in [0.2, 0.25) is 5.02 Å². The number of aromatic nitrogens is 1. The molecule has 0 aliphatic carbocycles. The van der Waals surface area contributed by atoms with E-state index >= 15 is 0 Å². The van der Waals surface area contributed by atoms with Crippen LogP contribution in [0.3, 0.4) is 0 Å². The van der Waals surface area contributed by atoms with Crippen molar-refractivity contribution in [3.8, 4) is 23.1 Å². The zero-order valence-corrected chi connectivity index (χ0v) is 12.2. The number of alkyl halides is 3. The molecule has 0 aliphatic rings. The van der Waals surface area contributed by atoms with Crippen LogP contribution in [0.15, 0.2) is 59.0 Å². The number of oxazole rings is 1. The number of hydrogen-bond donors (Lipinski definition) is 0. The molecular formula is C16H9ClF3NO2. The van der Waals surface area contributed by atoms with Crippen molar-refractivity contribution < 1.29 is 22.3 Å². The molecule has 0 bridgehead atoms. The molecule has 2 aromatic carbocycles. The quantitative estimate of drug-likeness (QED) is 0.604. The highest BCUT2D eigenvalue weighted by atomic mass is 35.5. The second-order valence-electron chi connectivity index (χ2n) is 4.57. The fourth-order valence-electron chi connectivity index (χ4n) is 1.87. The summed E-state index contributed by atoms with van der Waals surface area (Å²) in [4.78, 5) is 3.52. The zero-order chi connectivity index (χ0) is 16.4. The number of rotatable bonds is 3. The van der Waals surface area contributed by atoms with E-state index < -0.39 is 17.8 Å². The summed E-state index contributed by atoms with van der Waals surface area (Å²) in [5.41, 5.74) is -0.796. The van der Waals surface area contributed by atoms with E-state index in [4.69, 9.17) is 20.8 Å². The van der Waals surface area contributed by atoms with Crippen LogP contribution in [0, 0.1) is 0 Å². The van der Waals surface area contributed by atoms with Crippen LogP contribution in [0.4, 0.5) is 13.2 Å². The first-order valence-corrected chi connectivity index (χ1v) is 6.88. The van der Waals surface area contributed by atoms with Crippen molar-refractivity contribution in [3.63, 3.8) is 0 Å². The Balaban J connectivity index is 2.01. The molecule has 0 N–H and O–H groups in total.